The van der Waals surface area contributed by atoms with Gasteiger partial charge in [-0.2, -0.15) is 0 Å². The summed E-state index contributed by atoms with van der Waals surface area (Å²) < 4.78 is 5.66. The Morgan fingerprint density at radius 2 is 2.00 bits per heavy atom. The Hall–Kier alpha value is -1.97. The molecule has 1 amide bonds. The molecule has 3 rings (SSSR count). The number of carbonyl (C=O) groups excluding carboxylic acids is 1. The van der Waals surface area contributed by atoms with Crippen molar-refractivity contribution in [3.63, 3.8) is 0 Å². The van der Waals surface area contributed by atoms with Crippen molar-refractivity contribution in [2.24, 2.45) is 5.73 Å². The van der Waals surface area contributed by atoms with Crippen molar-refractivity contribution in [3.8, 4) is 0 Å². The Morgan fingerprint density at radius 1 is 1.26 bits per heavy atom. The molecule has 0 unspecified atom stereocenters. The summed E-state index contributed by atoms with van der Waals surface area (Å²) in [5, 5.41) is 0.996. The number of nitrogens with zero attached hydrogens (tertiary/aromatic N) is 1. The summed E-state index contributed by atoms with van der Waals surface area (Å²) in [6.07, 6.45) is 3.73. The fraction of sp³-hybridized carbons (Fsp3) is 0.400. The van der Waals surface area contributed by atoms with Crippen LogP contribution >= 0.6 is 0 Å². The molecule has 0 saturated carbocycles. The van der Waals surface area contributed by atoms with E-state index in [-0.39, 0.29) is 0 Å². The normalized spacial score (nSPS) is 15.9. The summed E-state index contributed by atoms with van der Waals surface area (Å²) in [7, 11) is 0. The van der Waals surface area contributed by atoms with Crippen molar-refractivity contribution >= 4 is 22.6 Å². The Kier molecular flexibility index (Phi) is 2.93. The van der Waals surface area contributed by atoms with Crippen LogP contribution in [0.25, 0.3) is 11.0 Å². The van der Waals surface area contributed by atoms with Crippen molar-refractivity contribution < 1.29 is 9.21 Å². The first kappa shape index (κ1) is 12.1. The average Bonchev–Trinajstić information content (AvgIpc) is 2.79. The number of hydrogen-bond donors (Lipinski definition) is 1. The number of anilines is 1. The van der Waals surface area contributed by atoms with Gasteiger partial charge in [0, 0.05) is 24.2 Å². The first-order valence-corrected chi connectivity index (χ1v) is 6.75. The van der Waals surface area contributed by atoms with Crippen molar-refractivity contribution in [3.05, 3.63) is 29.5 Å². The van der Waals surface area contributed by atoms with Crippen molar-refractivity contribution in [2.45, 2.75) is 26.2 Å². The zero-order valence-electron chi connectivity index (χ0n) is 11.1. The molecule has 2 N–H and O–H groups in total. The maximum absolute atomic E-state index is 11.5. The number of amides is 1. The fourth-order valence-corrected chi connectivity index (χ4v) is 2.84. The Morgan fingerprint density at radius 3 is 2.68 bits per heavy atom. The van der Waals surface area contributed by atoms with Crippen LogP contribution in [0.15, 0.2) is 22.6 Å². The molecular formula is C15H18N2O2. The highest BCUT2D eigenvalue weighted by molar-refractivity contribution is 6.07. The van der Waals surface area contributed by atoms with Gasteiger partial charge in [-0.25, -0.2) is 0 Å². The predicted octanol–water partition coefficient (Wildman–Crippen LogP) is 2.83. The van der Waals surface area contributed by atoms with E-state index in [4.69, 9.17) is 10.2 Å². The largest absolute Gasteiger partial charge is 0.460 e. The molecule has 100 valence electrons. The monoisotopic (exact) mass is 258 g/mol. The van der Waals surface area contributed by atoms with Crippen LogP contribution in [0.4, 0.5) is 5.69 Å². The van der Waals surface area contributed by atoms with E-state index in [1.807, 2.05) is 19.1 Å². The summed E-state index contributed by atoms with van der Waals surface area (Å²) in [5.74, 6) is 0.367. The summed E-state index contributed by atoms with van der Waals surface area (Å²) in [5.41, 5.74) is 7.64. The second-order valence-corrected chi connectivity index (χ2v) is 5.14. The molecular weight excluding hydrogens is 240 g/mol. The first-order chi connectivity index (χ1) is 9.16. The van der Waals surface area contributed by atoms with Crippen LogP contribution in [0.3, 0.4) is 0 Å². The van der Waals surface area contributed by atoms with E-state index in [2.05, 4.69) is 4.90 Å². The molecule has 1 aliphatic heterocycles. The molecule has 1 fully saturated rings. The van der Waals surface area contributed by atoms with E-state index in [9.17, 15) is 4.79 Å². The standard InChI is InChI=1S/C15H18N2O2/c1-10-9-12-13(17-7-3-2-4-8-17)6-5-11(15(16)18)14(12)19-10/h5-6,9H,2-4,7-8H2,1H3,(H2,16,18). The highest BCUT2D eigenvalue weighted by atomic mass is 16.3. The zero-order valence-corrected chi connectivity index (χ0v) is 11.1. The first-order valence-electron chi connectivity index (χ1n) is 6.75. The number of fused-ring (bicyclic) bond motifs is 1. The third-order valence-corrected chi connectivity index (χ3v) is 3.75. The number of rotatable bonds is 2. The average molecular weight is 258 g/mol. The van der Waals surface area contributed by atoms with E-state index < -0.39 is 5.91 Å². The van der Waals surface area contributed by atoms with Gasteiger partial charge in [-0.1, -0.05) is 0 Å². The van der Waals surface area contributed by atoms with Crippen LogP contribution in [-0.4, -0.2) is 19.0 Å². The molecule has 0 bridgehead atoms. The number of primary amides is 1. The summed E-state index contributed by atoms with van der Waals surface area (Å²) in [4.78, 5) is 13.8. The highest BCUT2D eigenvalue weighted by Crippen LogP contribution is 2.33. The molecule has 4 nitrogen and oxygen atoms in total. The summed E-state index contributed by atoms with van der Waals surface area (Å²) in [6.45, 7) is 4.02. The molecule has 1 aromatic heterocycles. The van der Waals surface area contributed by atoms with Gasteiger partial charge in [0.25, 0.3) is 5.91 Å². The number of aryl methyl sites for hydroxylation is 1. The minimum atomic E-state index is -0.440. The molecule has 0 spiro atoms. The predicted molar refractivity (Wildman–Crippen MR) is 75.5 cm³/mol. The molecule has 2 aromatic rings. The van der Waals surface area contributed by atoms with Gasteiger partial charge >= 0.3 is 0 Å². The number of benzene rings is 1. The Labute approximate surface area is 112 Å². The van der Waals surface area contributed by atoms with Crippen molar-refractivity contribution in [1.82, 2.24) is 0 Å². The minimum absolute atomic E-state index is 0.440. The van der Waals surface area contributed by atoms with Crippen LogP contribution in [0.5, 0.6) is 0 Å². The van der Waals surface area contributed by atoms with Crippen LogP contribution in [0, 0.1) is 6.92 Å². The van der Waals surface area contributed by atoms with E-state index in [1.54, 1.807) is 6.07 Å². The topological polar surface area (TPSA) is 59.5 Å². The maximum atomic E-state index is 11.5. The summed E-state index contributed by atoms with van der Waals surface area (Å²) in [6, 6.07) is 5.76. The van der Waals surface area contributed by atoms with E-state index in [0.717, 1.165) is 29.9 Å². The lowest BCUT2D eigenvalue weighted by molar-refractivity contribution is 0.100. The number of carbonyl (C=O) groups is 1. The Bertz CT molecular complexity index is 624. The molecule has 1 aromatic carbocycles. The van der Waals surface area contributed by atoms with E-state index in [0.29, 0.717) is 11.1 Å². The number of furan rings is 1. The SMILES string of the molecule is Cc1cc2c(N3CCCCC3)ccc(C(N)=O)c2o1. The lowest BCUT2D eigenvalue weighted by Crippen LogP contribution is -2.29. The third-order valence-electron chi connectivity index (χ3n) is 3.75. The molecule has 0 radical (unpaired) electrons. The van der Waals surface area contributed by atoms with Crippen LogP contribution in [0.1, 0.15) is 35.4 Å². The minimum Gasteiger partial charge on any atom is -0.460 e. The summed E-state index contributed by atoms with van der Waals surface area (Å²) >= 11 is 0. The maximum Gasteiger partial charge on any atom is 0.252 e. The second-order valence-electron chi connectivity index (χ2n) is 5.14. The Balaban J connectivity index is 2.15. The third kappa shape index (κ3) is 2.07. The van der Waals surface area contributed by atoms with Crippen LogP contribution in [0.2, 0.25) is 0 Å². The number of nitrogens with two attached hydrogens (primary N) is 1. The smallest absolute Gasteiger partial charge is 0.252 e. The van der Waals surface area contributed by atoms with Crippen molar-refractivity contribution in [2.75, 3.05) is 18.0 Å². The van der Waals surface area contributed by atoms with E-state index >= 15 is 0 Å². The van der Waals surface area contributed by atoms with Gasteiger partial charge in [-0.05, 0) is 44.4 Å². The number of hydrogen-bond acceptors (Lipinski definition) is 3. The molecule has 0 atom stereocenters. The molecule has 2 heterocycles. The fourth-order valence-electron chi connectivity index (χ4n) is 2.84. The lowest BCUT2D eigenvalue weighted by Gasteiger charge is -2.29. The van der Waals surface area contributed by atoms with E-state index in [1.165, 1.54) is 19.3 Å². The van der Waals surface area contributed by atoms with Gasteiger partial charge in [0.15, 0.2) is 0 Å². The molecule has 4 heteroatoms. The van der Waals surface area contributed by atoms with Crippen LogP contribution in [-0.2, 0) is 0 Å². The van der Waals surface area contributed by atoms with Crippen molar-refractivity contribution in [1.29, 1.82) is 0 Å². The second kappa shape index (κ2) is 4.61. The van der Waals surface area contributed by atoms with Gasteiger partial charge < -0.3 is 15.1 Å². The quantitative estimate of drug-likeness (QED) is 0.901. The molecule has 1 aliphatic rings. The lowest BCUT2D eigenvalue weighted by atomic mass is 10.1. The highest BCUT2D eigenvalue weighted by Gasteiger charge is 2.19. The van der Waals surface area contributed by atoms with Gasteiger partial charge in [-0.3, -0.25) is 4.79 Å². The molecule has 1 saturated heterocycles. The van der Waals surface area contributed by atoms with Crippen LogP contribution < -0.4 is 10.6 Å². The van der Waals surface area contributed by atoms with Gasteiger partial charge in [-0.15, -0.1) is 0 Å². The molecule has 19 heavy (non-hydrogen) atoms. The number of piperidine rings is 1. The zero-order chi connectivity index (χ0) is 13.4. The molecule has 0 aliphatic carbocycles. The van der Waals surface area contributed by atoms with Gasteiger partial charge in [0.1, 0.15) is 11.3 Å². The van der Waals surface area contributed by atoms with Gasteiger partial charge in [0.2, 0.25) is 0 Å². The van der Waals surface area contributed by atoms with Gasteiger partial charge in [0.05, 0.1) is 5.56 Å².